The molecule has 2 heteroatoms. The first-order valence-corrected chi connectivity index (χ1v) is 28.2. The average molecular weight is 975 g/mol. The van der Waals surface area contributed by atoms with Crippen LogP contribution in [0.25, 0.3) is 66.8 Å². The van der Waals surface area contributed by atoms with Crippen LogP contribution in [0.5, 0.6) is 5.75 Å². The van der Waals surface area contributed by atoms with E-state index in [1.54, 1.807) is 17.2 Å². The van der Waals surface area contributed by atoms with E-state index in [1.807, 2.05) is 36.2 Å². The lowest BCUT2D eigenvalue weighted by molar-refractivity contribution is 0.398. The molecule has 3 aliphatic rings. The Balaban J connectivity index is 0.922. The Morgan fingerprint density at radius 1 is 0.459 bits per heavy atom. The topological polar surface area (TPSA) is 26.1 Å². The minimum Gasteiger partial charge on any atom is -0.592 e. The first-order valence-electron chi connectivity index (χ1n) is 28.2. The van der Waals surface area contributed by atoms with Crippen LogP contribution in [0.3, 0.4) is 0 Å². The van der Waals surface area contributed by atoms with Gasteiger partial charge in [-0.2, -0.15) is 0 Å². The van der Waals surface area contributed by atoms with E-state index in [0.29, 0.717) is 5.75 Å². The Hall–Kier alpha value is -6.64. The smallest absolute Gasteiger partial charge is 0.278 e. The number of unbranched alkanes of at least 4 members (excludes halogenated alkanes) is 10. The number of likely N-dealkylation sites (N-methyl/N-ethyl adjacent to an activating group) is 1. The van der Waals surface area contributed by atoms with Gasteiger partial charge in [0, 0.05) is 35.1 Å². The maximum absolute atomic E-state index is 8.95. The Morgan fingerprint density at radius 3 is 1.26 bits per heavy atom. The minimum atomic E-state index is -0.193. The van der Waals surface area contributed by atoms with Crippen LogP contribution in [0.2, 0.25) is 0 Å². The van der Waals surface area contributed by atoms with Crippen LogP contribution in [-0.4, -0.2) is 12.2 Å². The van der Waals surface area contributed by atoms with E-state index < -0.39 is 0 Å². The second kappa shape index (κ2) is 20.9. The third-order valence-corrected chi connectivity index (χ3v) is 17.7. The molecule has 0 aromatic heterocycles. The van der Waals surface area contributed by atoms with Crippen LogP contribution in [0.4, 0.5) is 5.69 Å². The summed E-state index contributed by atoms with van der Waals surface area (Å²) in [4.78, 5) is 1.95. The highest BCUT2D eigenvalue weighted by Crippen LogP contribution is 2.57. The van der Waals surface area contributed by atoms with E-state index >= 15 is 0 Å². The van der Waals surface area contributed by atoms with Crippen molar-refractivity contribution in [2.75, 3.05) is 11.9 Å². The monoisotopic (exact) mass is 975 g/mol. The van der Waals surface area contributed by atoms with Crippen LogP contribution in [0.15, 0.2) is 171 Å². The van der Waals surface area contributed by atoms with Gasteiger partial charge >= 0.3 is 0 Å². The fraction of sp³-hybridized carbons (Fsp3) is 0.333. The van der Waals surface area contributed by atoms with Crippen LogP contribution >= 0.6 is 0 Å². The van der Waals surface area contributed by atoms with Gasteiger partial charge in [-0.3, -0.25) is 0 Å². The molecule has 7 aromatic rings. The van der Waals surface area contributed by atoms with Crippen LogP contribution in [0, 0.1) is 0 Å². The van der Waals surface area contributed by atoms with Crippen molar-refractivity contribution < 1.29 is 5.11 Å². The van der Waals surface area contributed by atoms with Crippen molar-refractivity contribution in [2.45, 2.75) is 148 Å². The van der Waals surface area contributed by atoms with Gasteiger partial charge in [0.15, 0.2) is 0 Å². The van der Waals surface area contributed by atoms with Crippen molar-refractivity contribution in [1.29, 1.82) is 0 Å². The summed E-state index contributed by atoms with van der Waals surface area (Å²) in [5.41, 5.74) is 25.6. The molecule has 7 aromatic carbocycles. The zero-order chi connectivity index (χ0) is 51.8. The quantitative estimate of drug-likeness (QED) is 0.0400. The molecule has 0 fully saturated rings. The lowest BCUT2D eigenvalue weighted by atomic mass is 9.70. The Morgan fingerprint density at radius 2 is 0.824 bits per heavy atom. The molecule has 2 N–H and O–H groups in total. The zero-order valence-corrected chi connectivity index (χ0v) is 45.7. The molecular formula is C72H80NO+. The highest BCUT2D eigenvalue weighted by molar-refractivity contribution is 5.90. The first kappa shape index (κ1) is 50.9. The zero-order valence-electron chi connectivity index (χ0n) is 45.7. The van der Waals surface area contributed by atoms with Gasteiger partial charge < -0.3 is 10.0 Å². The van der Waals surface area contributed by atoms with E-state index in [-0.39, 0.29) is 16.2 Å². The Kier molecular flexibility index (Phi) is 14.4. The molecule has 3 aliphatic carbocycles. The molecular weight excluding hydrogens is 895 g/mol. The summed E-state index contributed by atoms with van der Waals surface area (Å²) in [5.74, 6) is 0.469. The molecule has 0 saturated heterocycles. The first-order chi connectivity index (χ1) is 35.8. The number of fused-ring (bicyclic) bond motifs is 9. The number of hydrogen-bond donors (Lipinski definition) is 0. The van der Waals surface area contributed by atoms with Crippen molar-refractivity contribution in [1.82, 2.24) is 0 Å². The summed E-state index contributed by atoms with van der Waals surface area (Å²) < 4.78 is 0. The predicted octanol–water partition coefficient (Wildman–Crippen LogP) is 20.2. The normalized spacial score (nSPS) is 14.8. The van der Waals surface area contributed by atoms with Gasteiger partial charge in [-0.1, -0.05) is 235 Å². The van der Waals surface area contributed by atoms with Gasteiger partial charge in [-0.05, 0) is 155 Å². The molecule has 10 rings (SSSR count). The molecule has 0 aliphatic heterocycles. The summed E-state index contributed by atoms with van der Waals surface area (Å²) in [7, 11) is 1.95. The number of rotatable bonds is 21. The Bertz CT molecular complexity index is 3270. The van der Waals surface area contributed by atoms with E-state index in [4.69, 9.17) is 5.11 Å². The van der Waals surface area contributed by atoms with Gasteiger partial charge in [-0.15, -0.1) is 0 Å². The summed E-state index contributed by atoms with van der Waals surface area (Å²) in [6.45, 7) is 22.2. The summed E-state index contributed by atoms with van der Waals surface area (Å²) in [5, 5.41) is 8.95. The molecule has 0 bridgehead atoms. The van der Waals surface area contributed by atoms with Crippen molar-refractivity contribution in [3.63, 3.8) is 0 Å². The predicted molar refractivity (Wildman–Crippen MR) is 320 cm³/mol. The molecule has 0 saturated carbocycles. The van der Waals surface area contributed by atoms with E-state index in [0.717, 1.165) is 22.5 Å². The number of benzene rings is 7. The lowest BCUT2D eigenvalue weighted by Gasteiger charge is -2.33. The van der Waals surface area contributed by atoms with Gasteiger partial charge in [0.2, 0.25) is 0 Å². The number of hydrogen-bond acceptors (Lipinski definition) is 1. The molecule has 0 unspecified atom stereocenters. The molecule has 378 valence electrons. The van der Waals surface area contributed by atoms with E-state index in [1.165, 1.54) is 168 Å². The fourth-order valence-electron chi connectivity index (χ4n) is 13.4. The molecule has 74 heavy (non-hydrogen) atoms. The van der Waals surface area contributed by atoms with Crippen molar-refractivity contribution in [3.8, 4) is 72.5 Å². The maximum Gasteiger partial charge on any atom is 0.278 e. The van der Waals surface area contributed by atoms with Gasteiger partial charge in [0.25, 0.3) is 5.75 Å². The van der Waals surface area contributed by atoms with Crippen molar-refractivity contribution in [2.24, 2.45) is 0 Å². The molecule has 2 nitrogen and oxygen atoms in total. The number of nitrogens with zero attached hydrogens (tertiary/aromatic N) is 1. The lowest BCUT2D eigenvalue weighted by Crippen LogP contribution is -2.25. The molecule has 0 heterocycles. The molecule has 0 atom stereocenters. The van der Waals surface area contributed by atoms with Crippen molar-refractivity contribution >= 4 is 5.69 Å². The third kappa shape index (κ3) is 9.11. The van der Waals surface area contributed by atoms with E-state index in [2.05, 4.69) is 176 Å². The van der Waals surface area contributed by atoms with E-state index in [9.17, 15) is 0 Å². The second-order valence-corrected chi connectivity index (χ2v) is 23.1. The van der Waals surface area contributed by atoms with Crippen LogP contribution in [0.1, 0.15) is 165 Å². The maximum atomic E-state index is 8.95. The Labute approximate surface area is 444 Å². The molecule has 0 amide bonds. The standard InChI is InChI=1S/C72H79NO/c1-10-13-16-18-20-24-41-72(42-25-21-19-17-14-11-2)62-28-23-22-27-56(62)61-39-33-54(47-67(61)72)52-31-37-59-57-35-29-50(43-63(57)70(5,6)65(59)45-52)51-30-36-58-60-38-32-53(46-66(60)71(7,8)64(58)44-51)55-34-40-68(69(74)48-55)73(9)49(4)26-15-12-3/h12,15,22-23,26-40,43-48,74H,3-4,10-11,13-14,16-21,24-25,41-42H2,1-2,5-9H3/p+1/b26-15-. The van der Waals surface area contributed by atoms with Crippen LogP contribution in [-0.2, 0) is 16.2 Å². The minimum absolute atomic E-state index is 0.0660. The van der Waals surface area contributed by atoms with Crippen molar-refractivity contribution in [3.05, 3.63) is 204 Å². The van der Waals surface area contributed by atoms with Gasteiger partial charge in [-0.25, -0.2) is 0 Å². The summed E-state index contributed by atoms with van der Waals surface area (Å²) in [6, 6.07) is 51.7. The third-order valence-electron chi connectivity index (χ3n) is 17.7. The highest BCUT2D eigenvalue weighted by atomic mass is 16.3. The second-order valence-electron chi connectivity index (χ2n) is 23.1. The summed E-state index contributed by atoms with van der Waals surface area (Å²) >= 11 is 0. The number of anilines is 1. The van der Waals surface area contributed by atoms with Gasteiger partial charge in [0.05, 0.1) is 0 Å². The SMILES string of the molecule is C=C/C=C\C(=C)N(C)c1ccc(-c2ccc3c(c2)C(C)(C)c2cc(-c4ccc5c(c4)C(C)(C)c4cc(-c6ccc7c(c6)C(CCCCCCCC)(CCCCCCCC)c6ccccc6-7)ccc4-5)ccc2-3)cc1[OH2+]. The molecule has 0 spiro atoms. The largest absolute Gasteiger partial charge is 0.592 e. The fourth-order valence-corrected chi connectivity index (χ4v) is 13.4. The highest BCUT2D eigenvalue weighted by Gasteiger charge is 2.43. The van der Waals surface area contributed by atoms with Crippen LogP contribution < -0.4 is 4.90 Å². The molecule has 0 radical (unpaired) electrons. The average Bonchev–Trinajstić information content (AvgIpc) is 3.92. The number of allylic oxidation sites excluding steroid dienone is 3. The summed E-state index contributed by atoms with van der Waals surface area (Å²) in [6.07, 6.45) is 24.0. The van der Waals surface area contributed by atoms with Gasteiger partial charge in [0.1, 0.15) is 5.69 Å².